The Morgan fingerprint density at radius 2 is 2.00 bits per heavy atom. The first-order valence-corrected chi connectivity index (χ1v) is 11.3. The van der Waals surface area contributed by atoms with E-state index in [1.807, 2.05) is 27.7 Å². The van der Waals surface area contributed by atoms with Gasteiger partial charge in [0.1, 0.15) is 11.6 Å². The number of aliphatic hydroxyl groups excluding tert-OH is 1. The number of nitrogens with zero attached hydrogens (tertiary/aromatic N) is 1. The van der Waals surface area contributed by atoms with Crippen LogP contribution in [0, 0.1) is 17.8 Å². The first-order chi connectivity index (χ1) is 14.2. The van der Waals surface area contributed by atoms with Crippen molar-refractivity contribution in [2.75, 3.05) is 20.2 Å². The van der Waals surface area contributed by atoms with Crippen LogP contribution >= 0.6 is 0 Å². The first-order valence-electron chi connectivity index (χ1n) is 11.3. The molecule has 3 rings (SSSR count). The van der Waals surface area contributed by atoms with Crippen molar-refractivity contribution in [1.82, 2.24) is 15.5 Å². The predicted molar refractivity (Wildman–Crippen MR) is 111 cm³/mol. The van der Waals surface area contributed by atoms with Crippen molar-refractivity contribution in [2.24, 2.45) is 17.8 Å². The zero-order chi connectivity index (χ0) is 22.3. The molecule has 170 valence electrons. The van der Waals surface area contributed by atoms with Crippen molar-refractivity contribution < 1.29 is 24.2 Å². The molecule has 3 amide bonds. The summed E-state index contributed by atoms with van der Waals surface area (Å²) >= 11 is 0. The molecule has 3 N–H and O–H groups in total. The molecule has 0 aromatic carbocycles. The highest BCUT2D eigenvalue weighted by atomic mass is 16.5. The van der Waals surface area contributed by atoms with Crippen LogP contribution in [-0.4, -0.2) is 71.2 Å². The average molecular weight is 424 g/mol. The molecule has 3 fully saturated rings. The minimum absolute atomic E-state index is 0.228. The number of nitrogens with one attached hydrogen (secondary N) is 2. The maximum atomic E-state index is 13.7. The number of rotatable bonds is 9. The Morgan fingerprint density at radius 3 is 2.57 bits per heavy atom. The van der Waals surface area contributed by atoms with E-state index in [-0.39, 0.29) is 30.2 Å². The molecule has 2 bridgehead atoms. The van der Waals surface area contributed by atoms with Crippen molar-refractivity contribution in [3.05, 3.63) is 0 Å². The first kappa shape index (κ1) is 23.0. The number of carbonyl (C=O) groups excluding carboxylic acids is 3. The van der Waals surface area contributed by atoms with E-state index in [0.717, 1.165) is 12.8 Å². The lowest BCUT2D eigenvalue weighted by Gasteiger charge is -2.37. The van der Waals surface area contributed by atoms with E-state index in [1.165, 1.54) is 0 Å². The molecule has 30 heavy (non-hydrogen) atoms. The monoisotopic (exact) mass is 423 g/mol. The topological polar surface area (TPSA) is 108 Å². The summed E-state index contributed by atoms with van der Waals surface area (Å²) in [7, 11) is 1.56. The van der Waals surface area contributed by atoms with Crippen LogP contribution in [0.3, 0.4) is 0 Å². The third kappa shape index (κ3) is 3.42. The van der Waals surface area contributed by atoms with Gasteiger partial charge in [-0.15, -0.1) is 0 Å². The Hall–Kier alpha value is -1.67. The van der Waals surface area contributed by atoms with Gasteiger partial charge in [0, 0.05) is 13.6 Å². The molecule has 3 aliphatic rings. The second-order valence-electron chi connectivity index (χ2n) is 9.70. The lowest BCUT2D eigenvalue weighted by molar-refractivity contribution is -0.150. The van der Waals surface area contributed by atoms with E-state index in [1.54, 1.807) is 11.9 Å². The summed E-state index contributed by atoms with van der Waals surface area (Å²) in [6.07, 6.45) is 3.54. The second-order valence-corrected chi connectivity index (χ2v) is 9.70. The molecule has 0 saturated carbocycles. The standard InChI is InChI=1S/C22H37N3O5/c1-6-7-10-24-19(28)17-22-9-8-21(4,30-22)15(18(27)23-5)16(22)20(29)25(17)14(12-26)11-13(2)3/h13-17,26H,6-12H2,1-5H3,(H,23,27)(H,24,28)/t14-,15+,16+,17?,21-,22?/m1/s1. The highest BCUT2D eigenvalue weighted by Gasteiger charge is 2.78. The Balaban J connectivity index is 2.04. The lowest BCUT2D eigenvalue weighted by Crippen LogP contribution is -2.58. The van der Waals surface area contributed by atoms with Gasteiger partial charge < -0.3 is 25.4 Å². The lowest BCUT2D eigenvalue weighted by atomic mass is 9.66. The van der Waals surface area contributed by atoms with Gasteiger partial charge in [-0.05, 0) is 38.5 Å². The minimum Gasteiger partial charge on any atom is -0.394 e. The maximum absolute atomic E-state index is 13.7. The second kappa shape index (κ2) is 8.46. The van der Waals surface area contributed by atoms with Crippen LogP contribution in [0.1, 0.15) is 59.8 Å². The van der Waals surface area contributed by atoms with Gasteiger partial charge in [-0.25, -0.2) is 0 Å². The van der Waals surface area contributed by atoms with Crippen LogP contribution in [0.4, 0.5) is 0 Å². The highest BCUT2D eigenvalue weighted by Crippen LogP contribution is 2.63. The molecule has 2 unspecified atom stereocenters. The van der Waals surface area contributed by atoms with Gasteiger partial charge in [0.25, 0.3) is 0 Å². The fourth-order valence-corrected chi connectivity index (χ4v) is 5.92. The van der Waals surface area contributed by atoms with E-state index in [2.05, 4.69) is 10.6 Å². The molecule has 6 atom stereocenters. The normalized spacial score (nSPS) is 35.6. The molecule has 0 radical (unpaired) electrons. The number of fused-ring (bicyclic) bond motifs is 1. The number of hydrogen-bond acceptors (Lipinski definition) is 5. The zero-order valence-corrected chi connectivity index (χ0v) is 18.9. The van der Waals surface area contributed by atoms with Gasteiger partial charge in [-0.2, -0.15) is 0 Å². The number of unbranched alkanes of at least 4 members (excludes halogenated alkanes) is 1. The Kier molecular flexibility index (Phi) is 6.49. The Bertz CT molecular complexity index is 698. The smallest absolute Gasteiger partial charge is 0.245 e. The summed E-state index contributed by atoms with van der Waals surface area (Å²) in [4.78, 5) is 41.5. The summed E-state index contributed by atoms with van der Waals surface area (Å²) < 4.78 is 6.48. The fraction of sp³-hybridized carbons (Fsp3) is 0.864. The molecule has 8 nitrogen and oxygen atoms in total. The van der Waals surface area contributed by atoms with Crippen molar-refractivity contribution in [3.8, 4) is 0 Å². The van der Waals surface area contributed by atoms with Crippen LogP contribution in [0.5, 0.6) is 0 Å². The Labute approximate surface area is 179 Å². The molecule has 0 aromatic heterocycles. The number of ether oxygens (including phenoxy) is 1. The third-order valence-electron chi connectivity index (χ3n) is 7.17. The summed E-state index contributed by atoms with van der Waals surface area (Å²) in [5.41, 5.74) is -1.79. The van der Waals surface area contributed by atoms with Crippen molar-refractivity contribution in [1.29, 1.82) is 0 Å². The van der Waals surface area contributed by atoms with Crippen molar-refractivity contribution in [2.45, 2.75) is 83.1 Å². The maximum Gasteiger partial charge on any atom is 0.245 e. The van der Waals surface area contributed by atoms with Crippen LogP contribution in [-0.2, 0) is 19.1 Å². The van der Waals surface area contributed by atoms with Gasteiger partial charge in [0.05, 0.1) is 30.1 Å². The van der Waals surface area contributed by atoms with Gasteiger partial charge in [0.2, 0.25) is 17.7 Å². The molecule has 3 aliphatic heterocycles. The van der Waals surface area contributed by atoms with E-state index < -0.39 is 35.1 Å². The third-order valence-corrected chi connectivity index (χ3v) is 7.17. The van der Waals surface area contributed by atoms with Crippen LogP contribution in [0.2, 0.25) is 0 Å². The number of hydrogen-bond donors (Lipinski definition) is 3. The zero-order valence-electron chi connectivity index (χ0n) is 18.9. The van der Waals surface area contributed by atoms with E-state index >= 15 is 0 Å². The molecular formula is C22H37N3O5. The largest absolute Gasteiger partial charge is 0.394 e. The van der Waals surface area contributed by atoms with Crippen molar-refractivity contribution >= 4 is 17.7 Å². The van der Waals surface area contributed by atoms with E-state index in [9.17, 15) is 19.5 Å². The molecule has 3 heterocycles. The molecule has 8 heteroatoms. The van der Waals surface area contributed by atoms with Crippen LogP contribution in [0.15, 0.2) is 0 Å². The number of likely N-dealkylation sites (tertiary alicyclic amines) is 1. The quantitative estimate of drug-likeness (QED) is 0.476. The van der Waals surface area contributed by atoms with E-state index in [4.69, 9.17) is 4.74 Å². The van der Waals surface area contributed by atoms with Gasteiger partial charge in [-0.3, -0.25) is 14.4 Å². The molecular weight excluding hydrogens is 386 g/mol. The molecule has 0 aliphatic carbocycles. The Morgan fingerprint density at radius 1 is 1.30 bits per heavy atom. The van der Waals surface area contributed by atoms with Crippen LogP contribution in [0.25, 0.3) is 0 Å². The van der Waals surface area contributed by atoms with Crippen molar-refractivity contribution in [3.63, 3.8) is 0 Å². The van der Waals surface area contributed by atoms with Gasteiger partial charge >= 0.3 is 0 Å². The van der Waals surface area contributed by atoms with Gasteiger partial charge in [-0.1, -0.05) is 27.2 Å². The SMILES string of the molecule is CCCCNC(=O)C1N([C@@H](CO)CC(C)C)C(=O)[C@@H]2[C@@H](C(=O)NC)[C@@]3(C)CCC12O3. The number of aliphatic hydroxyl groups is 1. The summed E-state index contributed by atoms with van der Waals surface area (Å²) in [5.74, 6) is -1.84. The molecule has 3 saturated heterocycles. The number of amides is 3. The average Bonchev–Trinajstić information content (AvgIpc) is 3.26. The van der Waals surface area contributed by atoms with E-state index in [0.29, 0.717) is 25.8 Å². The predicted octanol–water partition coefficient (Wildman–Crippen LogP) is 0.820. The fourth-order valence-electron chi connectivity index (χ4n) is 5.92. The molecule has 1 spiro atoms. The summed E-state index contributed by atoms with van der Waals surface area (Å²) in [6.45, 7) is 8.27. The summed E-state index contributed by atoms with van der Waals surface area (Å²) in [6, 6.07) is -1.32. The highest BCUT2D eigenvalue weighted by molar-refractivity contribution is 5.99. The summed E-state index contributed by atoms with van der Waals surface area (Å²) in [5, 5.41) is 15.8. The minimum atomic E-state index is -1.02. The van der Waals surface area contributed by atoms with Crippen LogP contribution < -0.4 is 10.6 Å². The number of carbonyl (C=O) groups is 3. The van der Waals surface area contributed by atoms with Gasteiger partial charge in [0.15, 0.2) is 0 Å². The molecule has 0 aromatic rings.